The van der Waals surface area contributed by atoms with Crippen molar-refractivity contribution in [2.45, 2.75) is 6.54 Å². The van der Waals surface area contributed by atoms with Crippen LogP contribution in [0.4, 0.5) is 0 Å². The van der Waals surface area contributed by atoms with Crippen molar-refractivity contribution in [1.82, 2.24) is 4.90 Å². The predicted molar refractivity (Wildman–Crippen MR) is 89.1 cm³/mol. The number of carbonyl (C=O) groups excluding carboxylic acids is 1. The van der Waals surface area contributed by atoms with Gasteiger partial charge in [-0.1, -0.05) is 39.7 Å². The minimum absolute atomic E-state index is 0.0449. The lowest BCUT2D eigenvalue weighted by Crippen LogP contribution is -2.26. The van der Waals surface area contributed by atoms with E-state index in [0.29, 0.717) is 21.6 Å². The summed E-state index contributed by atoms with van der Waals surface area (Å²) in [5, 5.41) is 0.601. The molecule has 2 aromatic carbocycles. The summed E-state index contributed by atoms with van der Waals surface area (Å²) in [6.45, 7) is 0.557. The maximum atomic E-state index is 12.4. The standard InChI is InChI=1S/C15H12Br2ClNO/c1-19(9-10-2-4-11(16)5-3-10)15(20)13-7-6-12(18)8-14(13)17/h2-8H,9H2,1H3. The zero-order valence-electron chi connectivity index (χ0n) is 10.7. The van der Waals surface area contributed by atoms with Gasteiger partial charge >= 0.3 is 0 Å². The molecule has 2 aromatic rings. The fourth-order valence-corrected chi connectivity index (χ4v) is 2.92. The summed E-state index contributed by atoms with van der Waals surface area (Å²) in [5.74, 6) is -0.0449. The Labute approximate surface area is 140 Å². The third-order valence-corrected chi connectivity index (χ3v) is 4.26. The second-order valence-corrected chi connectivity index (χ2v) is 6.62. The molecule has 2 nitrogen and oxygen atoms in total. The van der Waals surface area contributed by atoms with E-state index >= 15 is 0 Å². The fourth-order valence-electron chi connectivity index (χ4n) is 1.80. The van der Waals surface area contributed by atoms with Crippen LogP contribution in [0.25, 0.3) is 0 Å². The number of benzene rings is 2. The first-order chi connectivity index (χ1) is 9.47. The molecule has 0 N–H and O–H groups in total. The van der Waals surface area contributed by atoms with Gasteiger partial charge in [0.2, 0.25) is 0 Å². The molecule has 0 heterocycles. The largest absolute Gasteiger partial charge is 0.337 e. The van der Waals surface area contributed by atoms with Crippen molar-refractivity contribution >= 4 is 49.4 Å². The van der Waals surface area contributed by atoms with E-state index in [1.165, 1.54) is 0 Å². The van der Waals surface area contributed by atoms with Crippen molar-refractivity contribution in [1.29, 1.82) is 0 Å². The first-order valence-electron chi connectivity index (χ1n) is 5.92. The Kier molecular flexibility index (Phi) is 5.24. The number of carbonyl (C=O) groups is 1. The smallest absolute Gasteiger partial charge is 0.255 e. The number of nitrogens with zero attached hydrogens (tertiary/aromatic N) is 1. The van der Waals surface area contributed by atoms with Crippen LogP contribution in [0.3, 0.4) is 0 Å². The molecule has 0 fully saturated rings. The summed E-state index contributed by atoms with van der Waals surface area (Å²) in [5.41, 5.74) is 1.68. The van der Waals surface area contributed by atoms with Crippen LogP contribution in [0.5, 0.6) is 0 Å². The lowest BCUT2D eigenvalue weighted by molar-refractivity contribution is 0.0784. The molecule has 1 amide bonds. The molecule has 0 aliphatic heterocycles. The highest BCUT2D eigenvalue weighted by Gasteiger charge is 2.15. The molecule has 5 heteroatoms. The van der Waals surface area contributed by atoms with Gasteiger partial charge in [0.1, 0.15) is 0 Å². The van der Waals surface area contributed by atoms with Gasteiger partial charge in [-0.3, -0.25) is 4.79 Å². The first kappa shape index (κ1) is 15.5. The Morgan fingerprint density at radius 1 is 1.15 bits per heavy atom. The lowest BCUT2D eigenvalue weighted by atomic mass is 10.1. The van der Waals surface area contributed by atoms with Crippen LogP contribution < -0.4 is 0 Å². The Hall–Kier alpha value is -0.840. The summed E-state index contributed by atoms with van der Waals surface area (Å²) in [6.07, 6.45) is 0. The number of hydrogen-bond acceptors (Lipinski definition) is 1. The summed E-state index contributed by atoms with van der Waals surface area (Å²) >= 11 is 12.7. The van der Waals surface area contributed by atoms with Crippen LogP contribution in [-0.4, -0.2) is 17.9 Å². The molecule has 20 heavy (non-hydrogen) atoms. The lowest BCUT2D eigenvalue weighted by Gasteiger charge is -2.18. The molecule has 0 radical (unpaired) electrons. The van der Waals surface area contributed by atoms with Crippen molar-refractivity contribution < 1.29 is 4.79 Å². The van der Waals surface area contributed by atoms with E-state index in [1.807, 2.05) is 24.3 Å². The molecule has 0 saturated carbocycles. The zero-order chi connectivity index (χ0) is 14.7. The van der Waals surface area contributed by atoms with E-state index in [1.54, 1.807) is 30.1 Å². The fraction of sp³-hybridized carbons (Fsp3) is 0.133. The monoisotopic (exact) mass is 415 g/mol. The molecule has 2 rings (SSSR count). The zero-order valence-corrected chi connectivity index (χ0v) is 14.7. The molecule has 104 valence electrons. The number of halogens is 3. The first-order valence-corrected chi connectivity index (χ1v) is 7.89. The highest BCUT2D eigenvalue weighted by atomic mass is 79.9. The van der Waals surface area contributed by atoms with Crippen molar-refractivity contribution in [2.24, 2.45) is 0 Å². The van der Waals surface area contributed by atoms with Gasteiger partial charge < -0.3 is 4.90 Å². The van der Waals surface area contributed by atoms with Crippen LogP contribution in [0.1, 0.15) is 15.9 Å². The third kappa shape index (κ3) is 3.84. The molecular weight excluding hydrogens is 405 g/mol. The molecule has 0 atom stereocenters. The quantitative estimate of drug-likeness (QED) is 0.677. The van der Waals surface area contributed by atoms with Crippen molar-refractivity contribution in [3.63, 3.8) is 0 Å². The van der Waals surface area contributed by atoms with Crippen LogP contribution in [-0.2, 0) is 6.54 Å². The maximum absolute atomic E-state index is 12.4. The molecule has 0 bridgehead atoms. The van der Waals surface area contributed by atoms with E-state index < -0.39 is 0 Å². The average Bonchev–Trinajstić information content (AvgIpc) is 2.40. The SMILES string of the molecule is CN(Cc1ccc(Br)cc1)C(=O)c1ccc(Cl)cc1Br. The van der Waals surface area contributed by atoms with Gasteiger partial charge in [-0.05, 0) is 51.8 Å². The van der Waals surface area contributed by atoms with E-state index in [4.69, 9.17) is 11.6 Å². The Morgan fingerprint density at radius 3 is 2.40 bits per heavy atom. The number of rotatable bonds is 3. The Balaban J connectivity index is 2.14. The highest BCUT2D eigenvalue weighted by Crippen LogP contribution is 2.23. The Morgan fingerprint density at radius 2 is 1.80 bits per heavy atom. The second-order valence-electron chi connectivity index (χ2n) is 4.41. The highest BCUT2D eigenvalue weighted by molar-refractivity contribution is 9.10. The normalized spacial score (nSPS) is 10.4. The topological polar surface area (TPSA) is 20.3 Å². The number of amides is 1. The molecule has 0 aliphatic carbocycles. The van der Waals surface area contributed by atoms with Gasteiger partial charge in [-0.25, -0.2) is 0 Å². The van der Waals surface area contributed by atoms with Gasteiger partial charge in [0.25, 0.3) is 5.91 Å². The van der Waals surface area contributed by atoms with Gasteiger partial charge in [0.05, 0.1) is 5.56 Å². The molecule has 0 unspecified atom stereocenters. The summed E-state index contributed by atoms with van der Waals surface area (Å²) < 4.78 is 1.73. The van der Waals surface area contributed by atoms with E-state index in [9.17, 15) is 4.79 Å². The van der Waals surface area contributed by atoms with Crippen LogP contribution in [0, 0.1) is 0 Å². The predicted octanol–water partition coefficient (Wildman–Crippen LogP) is 5.14. The molecular formula is C15H12Br2ClNO. The minimum Gasteiger partial charge on any atom is -0.337 e. The van der Waals surface area contributed by atoms with Crippen LogP contribution >= 0.6 is 43.5 Å². The van der Waals surface area contributed by atoms with Crippen molar-refractivity contribution in [2.75, 3.05) is 7.05 Å². The van der Waals surface area contributed by atoms with E-state index in [-0.39, 0.29) is 5.91 Å². The minimum atomic E-state index is -0.0449. The Bertz CT molecular complexity index is 628. The van der Waals surface area contributed by atoms with Crippen molar-refractivity contribution in [3.05, 3.63) is 67.6 Å². The molecule has 0 aromatic heterocycles. The van der Waals surface area contributed by atoms with E-state index in [2.05, 4.69) is 31.9 Å². The molecule has 0 aliphatic rings. The van der Waals surface area contributed by atoms with Crippen LogP contribution in [0.15, 0.2) is 51.4 Å². The maximum Gasteiger partial charge on any atom is 0.255 e. The van der Waals surface area contributed by atoms with Gasteiger partial charge in [-0.2, -0.15) is 0 Å². The molecule has 0 spiro atoms. The van der Waals surface area contributed by atoms with Gasteiger partial charge in [0.15, 0.2) is 0 Å². The molecule has 0 saturated heterocycles. The second kappa shape index (κ2) is 6.74. The summed E-state index contributed by atoms with van der Waals surface area (Å²) in [6, 6.07) is 13.1. The third-order valence-electron chi connectivity index (χ3n) is 2.84. The van der Waals surface area contributed by atoms with Crippen LogP contribution in [0.2, 0.25) is 5.02 Å². The number of hydrogen-bond donors (Lipinski definition) is 0. The van der Waals surface area contributed by atoms with Gasteiger partial charge in [-0.15, -0.1) is 0 Å². The average molecular weight is 418 g/mol. The van der Waals surface area contributed by atoms with Crippen molar-refractivity contribution in [3.8, 4) is 0 Å². The van der Waals surface area contributed by atoms with E-state index in [0.717, 1.165) is 10.0 Å². The summed E-state index contributed by atoms with van der Waals surface area (Å²) in [4.78, 5) is 14.1. The van der Waals surface area contributed by atoms with Gasteiger partial charge in [0, 0.05) is 27.6 Å². The summed E-state index contributed by atoms with van der Waals surface area (Å²) in [7, 11) is 1.78.